The average Bonchev–Trinajstić information content (AvgIpc) is 2.37. The lowest BCUT2D eigenvalue weighted by Gasteiger charge is -2.23. The SMILES string of the molecule is CCCCc1ccc(CC(=O)NC(C)(C)CO)cc1. The van der Waals surface area contributed by atoms with Gasteiger partial charge in [-0.05, 0) is 37.8 Å². The van der Waals surface area contributed by atoms with Gasteiger partial charge in [-0.3, -0.25) is 4.79 Å². The Hall–Kier alpha value is -1.35. The fraction of sp³-hybridized carbons (Fsp3) is 0.562. The number of carbonyl (C=O) groups is 1. The summed E-state index contributed by atoms with van der Waals surface area (Å²) >= 11 is 0. The van der Waals surface area contributed by atoms with Crippen molar-refractivity contribution in [3.8, 4) is 0 Å². The lowest BCUT2D eigenvalue weighted by molar-refractivity contribution is -0.122. The Kier molecular flexibility index (Phi) is 6.03. The van der Waals surface area contributed by atoms with E-state index in [1.54, 1.807) is 13.8 Å². The second-order valence-electron chi connectivity index (χ2n) is 5.69. The number of hydrogen-bond donors (Lipinski definition) is 2. The summed E-state index contributed by atoms with van der Waals surface area (Å²) in [5, 5.41) is 11.9. The Morgan fingerprint density at radius 1 is 1.21 bits per heavy atom. The van der Waals surface area contributed by atoms with Crippen LogP contribution < -0.4 is 5.32 Å². The Morgan fingerprint density at radius 3 is 2.32 bits per heavy atom. The van der Waals surface area contributed by atoms with Crippen LogP contribution in [0, 0.1) is 0 Å². The molecule has 0 aliphatic heterocycles. The molecule has 0 heterocycles. The van der Waals surface area contributed by atoms with Gasteiger partial charge < -0.3 is 10.4 Å². The van der Waals surface area contributed by atoms with Crippen LogP contribution >= 0.6 is 0 Å². The number of aliphatic hydroxyl groups is 1. The highest BCUT2D eigenvalue weighted by Gasteiger charge is 2.18. The maximum absolute atomic E-state index is 11.8. The smallest absolute Gasteiger partial charge is 0.224 e. The van der Waals surface area contributed by atoms with Gasteiger partial charge in [-0.25, -0.2) is 0 Å². The first-order valence-electron chi connectivity index (χ1n) is 6.96. The normalized spacial score (nSPS) is 11.4. The van der Waals surface area contributed by atoms with Crippen molar-refractivity contribution in [1.82, 2.24) is 5.32 Å². The summed E-state index contributed by atoms with van der Waals surface area (Å²) in [6.45, 7) is 5.73. The summed E-state index contributed by atoms with van der Waals surface area (Å²) in [4.78, 5) is 11.8. The summed E-state index contributed by atoms with van der Waals surface area (Å²) in [5.41, 5.74) is 1.77. The Balaban J connectivity index is 2.51. The maximum Gasteiger partial charge on any atom is 0.224 e. The van der Waals surface area contributed by atoms with E-state index in [0.29, 0.717) is 6.42 Å². The van der Waals surface area contributed by atoms with Crippen LogP contribution in [0.25, 0.3) is 0 Å². The van der Waals surface area contributed by atoms with Crippen molar-refractivity contribution >= 4 is 5.91 Å². The van der Waals surface area contributed by atoms with Crippen LogP contribution in [0.1, 0.15) is 44.7 Å². The Morgan fingerprint density at radius 2 is 1.79 bits per heavy atom. The first-order valence-corrected chi connectivity index (χ1v) is 6.96. The number of aliphatic hydroxyl groups excluding tert-OH is 1. The van der Waals surface area contributed by atoms with Crippen LogP contribution in [-0.4, -0.2) is 23.2 Å². The van der Waals surface area contributed by atoms with Crippen molar-refractivity contribution in [1.29, 1.82) is 0 Å². The highest BCUT2D eigenvalue weighted by molar-refractivity contribution is 5.79. The van der Waals surface area contributed by atoms with E-state index in [4.69, 9.17) is 5.11 Å². The van der Waals surface area contributed by atoms with Crippen molar-refractivity contribution in [3.05, 3.63) is 35.4 Å². The summed E-state index contributed by atoms with van der Waals surface area (Å²) < 4.78 is 0. The van der Waals surface area contributed by atoms with Crippen LogP contribution in [0.2, 0.25) is 0 Å². The van der Waals surface area contributed by atoms with E-state index in [1.165, 1.54) is 18.4 Å². The molecular formula is C16H25NO2. The van der Waals surface area contributed by atoms with Gasteiger partial charge in [0.2, 0.25) is 5.91 Å². The van der Waals surface area contributed by atoms with E-state index in [-0.39, 0.29) is 12.5 Å². The van der Waals surface area contributed by atoms with Crippen molar-refractivity contribution in [2.45, 2.75) is 52.0 Å². The third kappa shape index (κ3) is 5.88. The predicted molar refractivity (Wildman–Crippen MR) is 78.1 cm³/mol. The van der Waals surface area contributed by atoms with Crippen LogP contribution in [0.4, 0.5) is 0 Å². The number of hydrogen-bond acceptors (Lipinski definition) is 2. The maximum atomic E-state index is 11.8. The van der Waals surface area contributed by atoms with E-state index in [1.807, 2.05) is 12.1 Å². The summed E-state index contributed by atoms with van der Waals surface area (Å²) in [6.07, 6.45) is 3.85. The number of benzene rings is 1. The molecule has 0 unspecified atom stereocenters. The van der Waals surface area contributed by atoms with Gasteiger partial charge in [0.05, 0.1) is 18.6 Å². The molecule has 0 aliphatic carbocycles. The van der Waals surface area contributed by atoms with Crippen molar-refractivity contribution in [2.75, 3.05) is 6.61 Å². The molecule has 1 rings (SSSR count). The van der Waals surface area contributed by atoms with Crippen LogP contribution in [-0.2, 0) is 17.6 Å². The summed E-state index contributed by atoms with van der Waals surface area (Å²) in [7, 11) is 0. The van der Waals surface area contributed by atoms with Gasteiger partial charge in [-0.15, -0.1) is 0 Å². The van der Waals surface area contributed by atoms with E-state index < -0.39 is 5.54 Å². The molecular weight excluding hydrogens is 238 g/mol. The molecule has 1 aromatic carbocycles. The number of carbonyl (C=O) groups excluding carboxylic acids is 1. The quantitative estimate of drug-likeness (QED) is 0.794. The highest BCUT2D eigenvalue weighted by Crippen LogP contribution is 2.09. The van der Waals surface area contributed by atoms with Crippen molar-refractivity contribution in [2.24, 2.45) is 0 Å². The van der Waals surface area contributed by atoms with E-state index in [9.17, 15) is 4.79 Å². The lowest BCUT2D eigenvalue weighted by atomic mass is 10.0. The minimum Gasteiger partial charge on any atom is -0.394 e. The number of nitrogens with one attached hydrogen (secondary N) is 1. The molecule has 1 amide bonds. The average molecular weight is 263 g/mol. The summed E-state index contributed by atoms with van der Waals surface area (Å²) in [5.74, 6) is -0.0552. The lowest BCUT2D eigenvalue weighted by Crippen LogP contribution is -2.46. The highest BCUT2D eigenvalue weighted by atomic mass is 16.3. The van der Waals surface area contributed by atoms with Crippen LogP contribution in [0.3, 0.4) is 0 Å². The number of unbranched alkanes of at least 4 members (excludes halogenated alkanes) is 1. The minimum atomic E-state index is -0.557. The second-order valence-corrected chi connectivity index (χ2v) is 5.69. The van der Waals surface area contributed by atoms with Gasteiger partial charge in [0, 0.05) is 0 Å². The zero-order valence-electron chi connectivity index (χ0n) is 12.2. The molecule has 3 heteroatoms. The zero-order valence-corrected chi connectivity index (χ0v) is 12.2. The molecule has 106 valence electrons. The fourth-order valence-electron chi connectivity index (χ4n) is 1.85. The monoisotopic (exact) mass is 263 g/mol. The minimum absolute atomic E-state index is 0.0552. The topological polar surface area (TPSA) is 49.3 Å². The number of aryl methyl sites for hydroxylation is 1. The Bertz CT molecular complexity index is 396. The molecule has 0 radical (unpaired) electrons. The molecule has 0 spiro atoms. The molecule has 0 atom stereocenters. The van der Waals surface area contributed by atoms with Gasteiger partial charge in [0.25, 0.3) is 0 Å². The van der Waals surface area contributed by atoms with Crippen molar-refractivity contribution < 1.29 is 9.90 Å². The first kappa shape index (κ1) is 15.7. The molecule has 0 bridgehead atoms. The van der Waals surface area contributed by atoms with Gasteiger partial charge in [0.15, 0.2) is 0 Å². The molecule has 0 aliphatic rings. The molecule has 0 saturated carbocycles. The van der Waals surface area contributed by atoms with Gasteiger partial charge in [-0.2, -0.15) is 0 Å². The predicted octanol–water partition coefficient (Wildman–Crippen LogP) is 2.46. The van der Waals surface area contributed by atoms with Crippen LogP contribution in [0.5, 0.6) is 0 Å². The van der Waals surface area contributed by atoms with Gasteiger partial charge in [-0.1, -0.05) is 37.6 Å². The third-order valence-corrected chi connectivity index (χ3v) is 3.08. The molecule has 3 nitrogen and oxygen atoms in total. The third-order valence-electron chi connectivity index (χ3n) is 3.08. The summed E-state index contributed by atoms with van der Waals surface area (Å²) in [6, 6.07) is 8.21. The Labute approximate surface area is 116 Å². The molecule has 1 aromatic rings. The molecule has 2 N–H and O–H groups in total. The van der Waals surface area contributed by atoms with Crippen molar-refractivity contribution in [3.63, 3.8) is 0 Å². The first-order chi connectivity index (χ1) is 8.96. The molecule has 0 fully saturated rings. The largest absolute Gasteiger partial charge is 0.394 e. The van der Waals surface area contributed by atoms with E-state index >= 15 is 0 Å². The molecule has 0 saturated heterocycles. The van der Waals surface area contributed by atoms with Crippen LogP contribution in [0.15, 0.2) is 24.3 Å². The molecule has 0 aromatic heterocycles. The van der Waals surface area contributed by atoms with E-state index in [0.717, 1.165) is 12.0 Å². The molecule has 19 heavy (non-hydrogen) atoms. The number of amides is 1. The second kappa shape index (κ2) is 7.29. The fourth-order valence-corrected chi connectivity index (χ4v) is 1.85. The standard InChI is InChI=1S/C16H25NO2/c1-4-5-6-13-7-9-14(10-8-13)11-15(19)17-16(2,3)12-18/h7-10,18H,4-6,11-12H2,1-3H3,(H,17,19). The number of rotatable bonds is 7. The van der Waals surface area contributed by atoms with Gasteiger partial charge in [0.1, 0.15) is 0 Å². The van der Waals surface area contributed by atoms with E-state index in [2.05, 4.69) is 24.4 Å². The zero-order chi connectivity index (χ0) is 14.3. The van der Waals surface area contributed by atoms with Gasteiger partial charge >= 0.3 is 0 Å².